The Bertz CT molecular complexity index is 592. The van der Waals surface area contributed by atoms with E-state index >= 15 is 0 Å². The number of hydrogen-bond donors (Lipinski definition) is 2. The van der Waals surface area contributed by atoms with Gasteiger partial charge >= 0.3 is 12.0 Å². The highest BCUT2D eigenvalue weighted by molar-refractivity contribution is 5.90. The number of carboxylic acids is 1. The van der Waals surface area contributed by atoms with Crippen molar-refractivity contribution in [3.05, 3.63) is 29.3 Å². The van der Waals surface area contributed by atoms with Crippen molar-refractivity contribution in [1.29, 1.82) is 0 Å². The van der Waals surface area contributed by atoms with Crippen molar-refractivity contribution in [3.63, 3.8) is 0 Å². The fraction of sp³-hybridized carbons (Fsp3) is 0.429. The third-order valence-electron chi connectivity index (χ3n) is 3.73. The van der Waals surface area contributed by atoms with Crippen LogP contribution in [0.5, 0.6) is 0 Å². The largest absolute Gasteiger partial charge is 0.481 e. The van der Waals surface area contributed by atoms with Crippen LogP contribution in [0.25, 0.3) is 0 Å². The van der Waals surface area contributed by atoms with Crippen molar-refractivity contribution in [3.8, 4) is 0 Å². The molecule has 0 aromatic heterocycles. The number of carbonyl (C=O) groups is 2. The highest BCUT2D eigenvalue weighted by Gasteiger charge is 2.37. The predicted octanol–water partition coefficient (Wildman–Crippen LogP) is 2.46. The van der Waals surface area contributed by atoms with Gasteiger partial charge in [0.25, 0.3) is 0 Å². The number of nitrogens with one attached hydrogen (secondary N) is 1. The molecule has 0 radical (unpaired) electrons. The summed E-state index contributed by atoms with van der Waals surface area (Å²) >= 11 is 0. The van der Waals surface area contributed by atoms with E-state index in [9.17, 15) is 18.4 Å². The number of urea groups is 1. The van der Waals surface area contributed by atoms with Crippen molar-refractivity contribution in [1.82, 2.24) is 4.90 Å². The maximum atomic E-state index is 13.8. The van der Waals surface area contributed by atoms with Crippen molar-refractivity contribution in [2.45, 2.75) is 13.8 Å². The smallest absolute Gasteiger partial charge is 0.322 e. The molecule has 5 nitrogen and oxygen atoms in total. The van der Waals surface area contributed by atoms with E-state index in [0.29, 0.717) is 0 Å². The number of halogens is 2. The van der Waals surface area contributed by atoms with Crippen LogP contribution in [0.15, 0.2) is 12.1 Å². The number of carbonyl (C=O) groups excluding carboxylic acids is 1. The second kappa shape index (κ2) is 5.67. The van der Waals surface area contributed by atoms with Gasteiger partial charge in [0.15, 0.2) is 5.82 Å². The molecule has 1 aliphatic rings. The minimum atomic E-state index is -0.981. The average Bonchev–Trinajstić information content (AvgIpc) is 2.81. The molecular formula is C14H16F2N2O3. The zero-order valence-electron chi connectivity index (χ0n) is 11.7. The van der Waals surface area contributed by atoms with E-state index in [1.165, 1.54) is 17.9 Å². The Kier molecular flexibility index (Phi) is 4.11. The van der Waals surface area contributed by atoms with E-state index in [1.807, 2.05) is 0 Å². The van der Waals surface area contributed by atoms with Crippen molar-refractivity contribution < 1.29 is 23.5 Å². The second-order valence-corrected chi connectivity index (χ2v) is 5.31. The van der Waals surface area contributed by atoms with Gasteiger partial charge in [-0.3, -0.25) is 4.79 Å². The second-order valence-electron chi connectivity index (χ2n) is 5.31. The summed E-state index contributed by atoms with van der Waals surface area (Å²) in [5, 5.41) is 11.2. The number of carboxylic acid groups (broad SMARTS) is 1. The standard InChI is InChI=1S/C14H16F2N2O3/c1-7-3-4-10(15)12(11(7)16)17-14(21)18-5-8(2)9(6-18)13(19)20/h3-4,8-9H,5-6H2,1-2H3,(H,17,21)(H,19,20)/t8-,9-/m1/s1. The fourth-order valence-electron chi connectivity index (χ4n) is 2.41. The van der Waals surface area contributed by atoms with Crippen LogP contribution < -0.4 is 5.32 Å². The molecule has 114 valence electrons. The Hall–Kier alpha value is -2.18. The molecule has 0 spiro atoms. The fourth-order valence-corrected chi connectivity index (χ4v) is 2.41. The SMILES string of the molecule is Cc1ccc(F)c(NC(=O)N2C[C@@H](C)[C@H](C(=O)O)C2)c1F. The quantitative estimate of drug-likeness (QED) is 0.881. The van der Waals surface area contributed by atoms with E-state index in [2.05, 4.69) is 5.32 Å². The maximum Gasteiger partial charge on any atom is 0.322 e. The van der Waals surface area contributed by atoms with E-state index in [1.54, 1.807) is 6.92 Å². The molecule has 1 fully saturated rings. The Balaban J connectivity index is 2.13. The normalized spacial score (nSPS) is 21.4. The van der Waals surface area contributed by atoms with Crippen LogP contribution in [0.2, 0.25) is 0 Å². The molecule has 2 amide bonds. The number of amides is 2. The lowest BCUT2D eigenvalue weighted by molar-refractivity contribution is -0.142. The number of likely N-dealkylation sites (tertiary alicyclic amines) is 1. The highest BCUT2D eigenvalue weighted by Crippen LogP contribution is 2.26. The number of nitrogens with zero attached hydrogens (tertiary/aromatic N) is 1. The number of rotatable bonds is 2. The molecule has 21 heavy (non-hydrogen) atoms. The Morgan fingerprint density at radius 3 is 2.57 bits per heavy atom. The highest BCUT2D eigenvalue weighted by atomic mass is 19.1. The van der Waals surface area contributed by atoms with Crippen LogP contribution in [0.3, 0.4) is 0 Å². The summed E-state index contributed by atoms with van der Waals surface area (Å²) in [6, 6.07) is 1.65. The van der Waals surface area contributed by atoms with Gasteiger partial charge in [0, 0.05) is 13.1 Å². The topological polar surface area (TPSA) is 69.6 Å². The maximum absolute atomic E-state index is 13.8. The summed E-state index contributed by atoms with van der Waals surface area (Å²) in [5.74, 6) is -3.55. The van der Waals surface area contributed by atoms with Crippen LogP contribution in [0, 0.1) is 30.4 Å². The molecule has 2 rings (SSSR count). The van der Waals surface area contributed by atoms with E-state index in [0.717, 1.165) is 6.07 Å². The number of aryl methyl sites for hydroxylation is 1. The lowest BCUT2D eigenvalue weighted by Crippen LogP contribution is -2.34. The first-order valence-corrected chi connectivity index (χ1v) is 6.54. The molecular weight excluding hydrogens is 282 g/mol. The first-order chi connectivity index (χ1) is 9.81. The first-order valence-electron chi connectivity index (χ1n) is 6.54. The molecule has 1 heterocycles. The summed E-state index contributed by atoms with van der Waals surface area (Å²) in [6.07, 6.45) is 0. The van der Waals surface area contributed by atoms with Crippen LogP contribution in [-0.2, 0) is 4.79 Å². The van der Waals surface area contributed by atoms with Gasteiger partial charge in [-0.25, -0.2) is 13.6 Å². The summed E-state index contributed by atoms with van der Waals surface area (Å²) in [4.78, 5) is 24.3. The van der Waals surface area contributed by atoms with E-state index in [-0.39, 0.29) is 24.6 Å². The lowest BCUT2D eigenvalue weighted by atomic mass is 9.99. The average molecular weight is 298 g/mol. The van der Waals surface area contributed by atoms with E-state index < -0.39 is 35.2 Å². The minimum absolute atomic E-state index is 0.0252. The number of benzene rings is 1. The zero-order chi connectivity index (χ0) is 15.7. The van der Waals surface area contributed by atoms with E-state index in [4.69, 9.17) is 5.11 Å². The van der Waals surface area contributed by atoms with Gasteiger partial charge in [0.1, 0.15) is 11.5 Å². The first kappa shape index (κ1) is 15.2. The van der Waals surface area contributed by atoms with Gasteiger partial charge in [-0.2, -0.15) is 0 Å². The number of anilines is 1. The summed E-state index contributed by atoms with van der Waals surface area (Å²) in [7, 11) is 0. The summed E-state index contributed by atoms with van der Waals surface area (Å²) in [5.41, 5.74) is -0.295. The Labute approximate surface area is 120 Å². The van der Waals surface area contributed by atoms with Crippen LogP contribution in [0.4, 0.5) is 19.3 Å². The van der Waals surface area contributed by atoms with Gasteiger partial charge in [-0.05, 0) is 24.5 Å². The van der Waals surface area contributed by atoms with Crippen molar-refractivity contribution in [2.24, 2.45) is 11.8 Å². The molecule has 1 aromatic rings. The predicted molar refractivity (Wildman–Crippen MR) is 72.0 cm³/mol. The molecule has 1 aliphatic heterocycles. The zero-order valence-corrected chi connectivity index (χ0v) is 11.7. The van der Waals surface area contributed by atoms with Gasteiger partial charge in [-0.1, -0.05) is 13.0 Å². The summed E-state index contributed by atoms with van der Waals surface area (Å²) in [6.45, 7) is 3.44. The Morgan fingerprint density at radius 1 is 1.33 bits per heavy atom. The van der Waals surface area contributed by atoms with Crippen LogP contribution >= 0.6 is 0 Å². The molecule has 1 aromatic carbocycles. The molecule has 7 heteroatoms. The molecule has 0 bridgehead atoms. The molecule has 1 saturated heterocycles. The van der Waals surface area contributed by atoms with Crippen LogP contribution in [0.1, 0.15) is 12.5 Å². The van der Waals surface area contributed by atoms with Gasteiger partial charge in [0.05, 0.1) is 5.92 Å². The van der Waals surface area contributed by atoms with Crippen molar-refractivity contribution in [2.75, 3.05) is 18.4 Å². The minimum Gasteiger partial charge on any atom is -0.481 e. The molecule has 2 atom stereocenters. The van der Waals surface area contributed by atoms with Gasteiger partial charge < -0.3 is 15.3 Å². The Morgan fingerprint density at radius 2 is 2.00 bits per heavy atom. The van der Waals surface area contributed by atoms with Gasteiger partial charge in [0.2, 0.25) is 0 Å². The number of hydrogen-bond acceptors (Lipinski definition) is 2. The lowest BCUT2D eigenvalue weighted by Gasteiger charge is -2.18. The molecule has 0 saturated carbocycles. The third-order valence-corrected chi connectivity index (χ3v) is 3.73. The van der Waals surface area contributed by atoms with Crippen LogP contribution in [-0.4, -0.2) is 35.1 Å². The number of aliphatic carboxylic acids is 1. The summed E-state index contributed by atoms with van der Waals surface area (Å²) < 4.78 is 27.4. The molecule has 0 aliphatic carbocycles. The van der Waals surface area contributed by atoms with Gasteiger partial charge in [-0.15, -0.1) is 0 Å². The van der Waals surface area contributed by atoms with Crippen molar-refractivity contribution >= 4 is 17.7 Å². The molecule has 2 N–H and O–H groups in total. The third kappa shape index (κ3) is 2.96. The molecule has 0 unspecified atom stereocenters. The monoisotopic (exact) mass is 298 g/mol.